The zero-order valence-electron chi connectivity index (χ0n) is 11.5. The number of pyridine rings is 1. The molecule has 1 aliphatic rings. The Labute approximate surface area is 117 Å². The van der Waals surface area contributed by atoms with Gasteiger partial charge in [-0.1, -0.05) is 13.0 Å². The number of amides is 1. The summed E-state index contributed by atoms with van der Waals surface area (Å²) in [5, 5.41) is 10.1. The van der Waals surface area contributed by atoms with E-state index in [1.54, 1.807) is 12.4 Å². The summed E-state index contributed by atoms with van der Waals surface area (Å²) in [6.07, 6.45) is 5.51. The number of hydrogen-bond acceptors (Lipinski definition) is 3. The second-order valence-electron chi connectivity index (χ2n) is 5.34. The summed E-state index contributed by atoms with van der Waals surface area (Å²) in [4.78, 5) is 16.7. The predicted octanol–water partition coefficient (Wildman–Crippen LogP) is 1.79. The molecule has 5 heteroatoms. The zero-order chi connectivity index (χ0) is 13.9. The van der Waals surface area contributed by atoms with Crippen molar-refractivity contribution in [2.45, 2.75) is 32.2 Å². The van der Waals surface area contributed by atoms with Crippen molar-refractivity contribution in [1.82, 2.24) is 20.5 Å². The maximum Gasteiger partial charge on any atom is 0.228 e. The molecular weight excluding hydrogens is 252 g/mol. The van der Waals surface area contributed by atoms with E-state index < -0.39 is 0 Å². The van der Waals surface area contributed by atoms with Gasteiger partial charge in [0.1, 0.15) is 0 Å². The van der Waals surface area contributed by atoms with E-state index in [9.17, 15) is 4.79 Å². The maximum atomic E-state index is 12.5. The Kier molecular flexibility index (Phi) is 3.50. The second kappa shape index (κ2) is 5.45. The Balaban J connectivity index is 1.71. The lowest BCUT2D eigenvalue weighted by Gasteiger charge is -2.27. The fourth-order valence-corrected chi connectivity index (χ4v) is 2.83. The lowest BCUT2D eigenvalue weighted by atomic mass is 9.78. The van der Waals surface area contributed by atoms with E-state index >= 15 is 0 Å². The number of H-pyrrole nitrogens is 1. The predicted molar refractivity (Wildman–Crippen MR) is 74.9 cm³/mol. The molecule has 2 N–H and O–H groups in total. The van der Waals surface area contributed by atoms with E-state index in [0.29, 0.717) is 12.5 Å². The van der Waals surface area contributed by atoms with Gasteiger partial charge < -0.3 is 5.32 Å². The number of carbonyl (C=O) groups is 1. The van der Waals surface area contributed by atoms with Crippen molar-refractivity contribution in [3.8, 4) is 0 Å². The smallest absolute Gasteiger partial charge is 0.228 e. The topological polar surface area (TPSA) is 70.7 Å². The zero-order valence-corrected chi connectivity index (χ0v) is 11.5. The number of fused-ring (bicyclic) bond motifs is 1. The summed E-state index contributed by atoms with van der Waals surface area (Å²) in [6.45, 7) is 2.59. The minimum Gasteiger partial charge on any atom is -0.350 e. The van der Waals surface area contributed by atoms with Gasteiger partial charge in [-0.3, -0.25) is 14.9 Å². The highest BCUT2D eigenvalue weighted by Gasteiger charge is 2.33. The molecule has 0 spiro atoms. The highest BCUT2D eigenvalue weighted by molar-refractivity contribution is 5.84. The number of aromatic amines is 1. The Morgan fingerprint density at radius 3 is 3.20 bits per heavy atom. The number of aryl methyl sites for hydroxylation is 1. The van der Waals surface area contributed by atoms with Crippen LogP contribution < -0.4 is 5.32 Å². The summed E-state index contributed by atoms with van der Waals surface area (Å²) in [6, 6.07) is 5.70. The van der Waals surface area contributed by atoms with Crippen molar-refractivity contribution in [3.05, 3.63) is 47.5 Å². The molecule has 0 aromatic carbocycles. The molecule has 2 unspecified atom stereocenters. The van der Waals surface area contributed by atoms with E-state index in [1.165, 1.54) is 0 Å². The van der Waals surface area contributed by atoms with Gasteiger partial charge in [0.15, 0.2) is 0 Å². The molecular formula is C15H18N4O. The fourth-order valence-electron chi connectivity index (χ4n) is 2.83. The van der Waals surface area contributed by atoms with Crippen molar-refractivity contribution in [2.75, 3.05) is 0 Å². The summed E-state index contributed by atoms with van der Waals surface area (Å²) in [5.41, 5.74) is 3.01. The number of carbonyl (C=O) groups excluding carboxylic acids is 1. The van der Waals surface area contributed by atoms with Gasteiger partial charge in [0.25, 0.3) is 0 Å². The molecule has 0 radical (unpaired) electrons. The van der Waals surface area contributed by atoms with Crippen LogP contribution in [0.25, 0.3) is 0 Å². The standard InChI is InChI=1S/C15H18N4O/c1-10-5-6-13-12(9-18-19-13)14(10)15(20)17-8-11-4-2-3-7-16-11/h2-4,7,9-10,14H,5-6,8H2,1H3,(H,17,20)(H,18,19). The Morgan fingerprint density at radius 2 is 2.40 bits per heavy atom. The Morgan fingerprint density at radius 1 is 1.50 bits per heavy atom. The fraction of sp³-hybridized carbons (Fsp3) is 0.400. The lowest BCUT2D eigenvalue weighted by Crippen LogP contribution is -2.34. The second-order valence-corrected chi connectivity index (χ2v) is 5.34. The van der Waals surface area contributed by atoms with Gasteiger partial charge >= 0.3 is 0 Å². The number of nitrogens with one attached hydrogen (secondary N) is 2. The van der Waals surface area contributed by atoms with E-state index in [1.807, 2.05) is 18.2 Å². The first-order chi connectivity index (χ1) is 9.75. The average Bonchev–Trinajstić information content (AvgIpc) is 2.94. The van der Waals surface area contributed by atoms with Gasteiger partial charge in [-0.05, 0) is 30.9 Å². The molecule has 104 valence electrons. The quantitative estimate of drug-likeness (QED) is 0.893. The van der Waals surface area contributed by atoms with Crippen LogP contribution in [-0.2, 0) is 17.8 Å². The van der Waals surface area contributed by atoms with Crippen molar-refractivity contribution in [2.24, 2.45) is 5.92 Å². The van der Waals surface area contributed by atoms with E-state index in [2.05, 4.69) is 27.4 Å². The number of nitrogens with zero attached hydrogens (tertiary/aromatic N) is 2. The van der Waals surface area contributed by atoms with Crippen LogP contribution in [0.4, 0.5) is 0 Å². The molecule has 3 rings (SSSR count). The molecule has 1 amide bonds. The Hall–Kier alpha value is -2.17. The van der Waals surface area contributed by atoms with Crippen molar-refractivity contribution in [3.63, 3.8) is 0 Å². The molecule has 0 fully saturated rings. The van der Waals surface area contributed by atoms with Gasteiger partial charge in [-0.15, -0.1) is 0 Å². The monoisotopic (exact) mass is 270 g/mol. The summed E-state index contributed by atoms with van der Waals surface area (Å²) < 4.78 is 0. The SMILES string of the molecule is CC1CCc2[nH]ncc2C1C(=O)NCc1ccccn1. The van der Waals surface area contributed by atoms with Crippen molar-refractivity contribution >= 4 is 5.91 Å². The Bertz CT molecular complexity index is 593. The number of aromatic nitrogens is 3. The highest BCUT2D eigenvalue weighted by atomic mass is 16.1. The van der Waals surface area contributed by atoms with Gasteiger partial charge in [0.2, 0.25) is 5.91 Å². The van der Waals surface area contributed by atoms with Crippen LogP contribution in [0.1, 0.15) is 36.2 Å². The minimum atomic E-state index is -0.110. The third-order valence-corrected chi connectivity index (χ3v) is 3.96. The largest absolute Gasteiger partial charge is 0.350 e. The third-order valence-electron chi connectivity index (χ3n) is 3.96. The molecule has 0 saturated carbocycles. The van der Waals surface area contributed by atoms with E-state index in [4.69, 9.17) is 0 Å². The van der Waals surface area contributed by atoms with Crippen LogP contribution in [0.15, 0.2) is 30.6 Å². The summed E-state index contributed by atoms with van der Waals surface area (Å²) in [5.74, 6) is 0.288. The van der Waals surface area contributed by atoms with E-state index in [-0.39, 0.29) is 11.8 Å². The van der Waals surface area contributed by atoms with E-state index in [0.717, 1.165) is 29.8 Å². The molecule has 1 aliphatic carbocycles. The summed E-state index contributed by atoms with van der Waals surface area (Å²) in [7, 11) is 0. The first kappa shape index (κ1) is 12.8. The molecule has 20 heavy (non-hydrogen) atoms. The molecule has 2 heterocycles. The van der Waals surface area contributed by atoms with Crippen LogP contribution >= 0.6 is 0 Å². The van der Waals surface area contributed by atoms with Crippen LogP contribution in [0.3, 0.4) is 0 Å². The summed E-state index contributed by atoms with van der Waals surface area (Å²) >= 11 is 0. The van der Waals surface area contributed by atoms with Crippen LogP contribution in [0, 0.1) is 5.92 Å². The molecule has 5 nitrogen and oxygen atoms in total. The maximum absolute atomic E-state index is 12.5. The van der Waals surface area contributed by atoms with Crippen LogP contribution in [-0.4, -0.2) is 21.1 Å². The van der Waals surface area contributed by atoms with Gasteiger partial charge in [-0.2, -0.15) is 5.10 Å². The number of rotatable bonds is 3. The average molecular weight is 270 g/mol. The van der Waals surface area contributed by atoms with Gasteiger partial charge in [0, 0.05) is 17.5 Å². The first-order valence-corrected chi connectivity index (χ1v) is 6.95. The highest BCUT2D eigenvalue weighted by Crippen LogP contribution is 2.35. The normalized spacial score (nSPS) is 21.2. The van der Waals surface area contributed by atoms with Crippen LogP contribution in [0.5, 0.6) is 0 Å². The molecule has 0 aliphatic heterocycles. The molecule has 2 aromatic rings. The molecule has 2 atom stereocenters. The lowest BCUT2D eigenvalue weighted by molar-refractivity contribution is -0.124. The molecule has 2 aromatic heterocycles. The van der Waals surface area contributed by atoms with Gasteiger partial charge in [0.05, 0.1) is 24.4 Å². The first-order valence-electron chi connectivity index (χ1n) is 6.95. The molecule has 0 bridgehead atoms. The molecule has 0 saturated heterocycles. The van der Waals surface area contributed by atoms with Crippen molar-refractivity contribution < 1.29 is 4.79 Å². The van der Waals surface area contributed by atoms with Crippen molar-refractivity contribution in [1.29, 1.82) is 0 Å². The third kappa shape index (κ3) is 2.43. The minimum absolute atomic E-state index is 0.0607. The number of hydrogen-bond donors (Lipinski definition) is 2. The van der Waals surface area contributed by atoms with Gasteiger partial charge in [-0.25, -0.2) is 0 Å². The van der Waals surface area contributed by atoms with Crippen LogP contribution in [0.2, 0.25) is 0 Å².